The SMILES string of the molecule is CC(NC(=O)CC1CCCN1)c1nncn1C. The largest absolute Gasteiger partial charge is 0.346 e. The maximum atomic E-state index is 11.8. The second-order valence-electron chi connectivity index (χ2n) is 4.59. The molecule has 1 amide bonds. The first-order valence-electron chi connectivity index (χ1n) is 6.03. The lowest BCUT2D eigenvalue weighted by Gasteiger charge is -2.15. The number of carbonyl (C=O) groups is 1. The molecule has 6 nitrogen and oxygen atoms in total. The predicted octanol–water partition coefficient (Wildman–Crippen LogP) is 0.134. The van der Waals surface area contributed by atoms with Crippen LogP contribution in [0.25, 0.3) is 0 Å². The third kappa shape index (κ3) is 3.03. The molecule has 0 bridgehead atoms. The van der Waals surface area contributed by atoms with E-state index in [4.69, 9.17) is 0 Å². The van der Waals surface area contributed by atoms with E-state index < -0.39 is 0 Å². The van der Waals surface area contributed by atoms with Crippen molar-refractivity contribution in [3.63, 3.8) is 0 Å². The molecule has 6 heteroatoms. The Hall–Kier alpha value is -1.43. The minimum Gasteiger partial charge on any atom is -0.346 e. The van der Waals surface area contributed by atoms with Crippen molar-refractivity contribution in [3.05, 3.63) is 12.2 Å². The summed E-state index contributed by atoms with van der Waals surface area (Å²) >= 11 is 0. The van der Waals surface area contributed by atoms with Gasteiger partial charge in [-0.05, 0) is 26.3 Å². The molecule has 1 fully saturated rings. The van der Waals surface area contributed by atoms with E-state index in [0.29, 0.717) is 12.5 Å². The van der Waals surface area contributed by atoms with Gasteiger partial charge in [-0.2, -0.15) is 0 Å². The molecular weight excluding hydrogens is 218 g/mol. The average molecular weight is 237 g/mol. The highest BCUT2D eigenvalue weighted by Crippen LogP contribution is 2.11. The fourth-order valence-corrected chi connectivity index (χ4v) is 2.20. The summed E-state index contributed by atoms with van der Waals surface area (Å²) in [7, 11) is 1.87. The van der Waals surface area contributed by atoms with Crippen LogP contribution in [0.15, 0.2) is 6.33 Å². The summed E-state index contributed by atoms with van der Waals surface area (Å²) < 4.78 is 1.82. The monoisotopic (exact) mass is 237 g/mol. The molecule has 0 aromatic carbocycles. The second kappa shape index (κ2) is 5.27. The number of amides is 1. The highest BCUT2D eigenvalue weighted by Gasteiger charge is 2.20. The summed E-state index contributed by atoms with van der Waals surface area (Å²) in [6, 6.07) is 0.234. The zero-order valence-electron chi connectivity index (χ0n) is 10.3. The topological polar surface area (TPSA) is 71.8 Å². The van der Waals surface area contributed by atoms with Gasteiger partial charge in [0.2, 0.25) is 5.91 Å². The fraction of sp³-hybridized carbons (Fsp3) is 0.727. The van der Waals surface area contributed by atoms with Gasteiger partial charge >= 0.3 is 0 Å². The van der Waals surface area contributed by atoms with Crippen LogP contribution < -0.4 is 10.6 Å². The molecule has 2 unspecified atom stereocenters. The van der Waals surface area contributed by atoms with E-state index in [1.165, 1.54) is 0 Å². The third-order valence-corrected chi connectivity index (χ3v) is 3.11. The van der Waals surface area contributed by atoms with Crippen LogP contribution in [0.2, 0.25) is 0 Å². The van der Waals surface area contributed by atoms with Gasteiger partial charge < -0.3 is 15.2 Å². The molecule has 2 atom stereocenters. The molecule has 1 aromatic rings. The van der Waals surface area contributed by atoms with Crippen LogP contribution in [0, 0.1) is 0 Å². The van der Waals surface area contributed by atoms with Crippen molar-refractivity contribution < 1.29 is 4.79 Å². The molecule has 1 aromatic heterocycles. The molecule has 1 aliphatic rings. The number of aromatic nitrogens is 3. The molecule has 1 aliphatic heterocycles. The van der Waals surface area contributed by atoms with E-state index in [2.05, 4.69) is 20.8 Å². The molecule has 17 heavy (non-hydrogen) atoms. The number of carbonyl (C=O) groups excluding carboxylic acids is 1. The molecule has 1 saturated heterocycles. The first kappa shape index (κ1) is 12.0. The van der Waals surface area contributed by atoms with Crippen molar-refractivity contribution in [1.82, 2.24) is 25.4 Å². The van der Waals surface area contributed by atoms with Crippen LogP contribution in [0.3, 0.4) is 0 Å². The van der Waals surface area contributed by atoms with E-state index in [0.717, 1.165) is 25.2 Å². The summed E-state index contributed by atoms with van der Waals surface area (Å²) in [6.07, 6.45) is 4.43. The van der Waals surface area contributed by atoms with Gasteiger partial charge in [0.25, 0.3) is 0 Å². The van der Waals surface area contributed by atoms with Crippen LogP contribution >= 0.6 is 0 Å². The maximum absolute atomic E-state index is 11.8. The Balaban J connectivity index is 1.83. The van der Waals surface area contributed by atoms with Crippen molar-refractivity contribution in [2.75, 3.05) is 6.54 Å². The smallest absolute Gasteiger partial charge is 0.222 e. The molecule has 94 valence electrons. The van der Waals surface area contributed by atoms with Gasteiger partial charge in [-0.15, -0.1) is 10.2 Å². The van der Waals surface area contributed by atoms with Crippen LogP contribution in [0.4, 0.5) is 0 Å². The first-order chi connectivity index (χ1) is 8.16. The number of aryl methyl sites for hydroxylation is 1. The van der Waals surface area contributed by atoms with Gasteiger partial charge in [-0.1, -0.05) is 0 Å². The first-order valence-corrected chi connectivity index (χ1v) is 6.03. The fourth-order valence-electron chi connectivity index (χ4n) is 2.20. The van der Waals surface area contributed by atoms with E-state index in [-0.39, 0.29) is 11.9 Å². The van der Waals surface area contributed by atoms with Crippen molar-refractivity contribution >= 4 is 5.91 Å². The summed E-state index contributed by atoms with van der Waals surface area (Å²) in [5.74, 6) is 0.845. The maximum Gasteiger partial charge on any atom is 0.222 e. The Labute approximate surface area is 101 Å². The highest BCUT2D eigenvalue weighted by atomic mass is 16.1. The van der Waals surface area contributed by atoms with Crippen molar-refractivity contribution in [3.8, 4) is 0 Å². The number of rotatable bonds is 4. The van der Waals surface area contributed by atoms with Gasteiger partial charge in [-0.3, -0.25) is 4.79 Å². The molecule has 0 radical (unpaired) electrons. The van der Waals surface area contributed by atoms with Gasteiger partial charge in [0.05, 0.1) is 6.04 Å². The molecule has 2 rings (SSSR count). The lowest BCUT2D eigenvalue weighted by molar-refractivity contribution is -0.122. The molecule has 0 spiro atoms. The summed E-state index contributed by atoms with van der Waals surface area (Å²) in [5.41, 5.74) is 0. The lowest BCUT2D eigenvalue weighted by Crippen LogP contribution is -2.34. The minimum absolute atomic E-state index is 0.0694. The predicted molar refractivity (Wildman–Crippen MR) is 63.2 cm³/mol. The average Bonchev–Trinajstić information content (AvgIpc) is 2.88. The summed E-state index contributed by atoms with van der Waals surface area (Å²) in [4.78, 5) is 11.8. The van der Waals surface area contributed by atoms with Crippen LogP contribution in [0.5, 0.6) is 0 Å². The third-order valence-electron chi connectivity index (χ3n) is 3.11. The number of nitrogens with zero attached hydrogens (tertiary/aromatic N) is 3. The van der Waals surface area contributed by atoms with Gasteiger partial charge in [0, 0.05) is 19.5 Å². The minimum atomic E-state index is -0.101. The Morgan fingerprint density at radius 3 is 3.18 bits per heavy atom. The van der Waals surface area contributed by atoms with E-state index in [1.54, 1.807) is 6.33 Å². The Kier molecular flexibility index (Phi) is 3.73. The highest BCUT2D eigenvalue weighted by molar-refractivity contribution is 5.77. The van der Waals surface area contributed by atoms with Gasteiger partial charge in [0.15, 0.2) is 5.82 Å². The Morgan fingerprint density at radius 2 is 2.59 bits per heavy atom. The number of nitrogens with one attached hydrogen (secondary N) is 2. The Bertz CT molecular complexity index is 383. The Morgan fingerprint density at radius 1 is 1.76 bits per heavy atom. The van der Waals surface area contributed by atoms with Crippen molar-refractivity contribution in [1.29, 1.82) is 0 Å². The van der Waals surface area contributed by atoms with Crippen LogP contribution in [0.1, 0.15) is 38.1 Å². The lowest BCUT2D eigenvalue weighted by atomic mass is 10.1. The van der Waals surface area contributed by atoms with E-state index >= 15 is 0 Å². The zero-order valence-corrected chi connectivity index (χ0v) is 10.3. The van der Waals surface area contributed by atoms with E-state index in [1.807, 2.05) is 18.5 Å². The molecule has 2 heterocycles. The molecule has 0 saturated carbocycles. The van der Waals surface area contributed by atoms with Crippen LogP contribution in [-0.4, -0.2) is 33.3 Å². The van der Waals surface area contributed by atoms with Gasteiger partial charge in [0.1, 0.15) is 6.33 Å². The quantitative estimate of drug-likeness (QED) is 0.781. The second-order valence-corrected chi connectivity index (χ2v) is 4.59. The van der Waals surface area contributed by atoms with Crippen molar-refractivity contribution in [2.45, 2.75) is 38.3 Å². The zero-order chi connectivity index (χ0) is 12.3. The molecular formula is C11H19N5O. The van der Waals surface area contributed by atoms with E-state index in [9.17, 15) is 4.79 Å². The standard InChI is InChI=1S/C11H19N5O/c1-8(11-15-13-7-16(11)2)14-10(17)6-9-4-3-5-12-9/h7-9,12H,3-6H2,1-2H3,(H,14,17). The summed E-state index contributed by atoms with van der Waals surface area (Å²) in [5, 5.41) is 14.0. The van der Waals surface area contributed by atoms with Crippen molar-refractivity contribution in [2.24, 2.45) is 7.05 Å². The summed E-state index contributed by atoms with van der Waals surface area (Å²) in [6.45, 7) is 2.95. The normalized spacial score (nSPS) is 21.4. The van der Waals surface area contributed by atoms with Gasteiger partial charge in [-0.25, -0.2) is 0 Å². The molecule has 2 N–H and O–H groups in total. The van der Waals surface area contributed by atoms with Crippen LogP contribution in [-0.2, 0) is 11.8 Å². The number of hydrogen-bond acceptors (Lipinski definition) is 4. The number of hydrogen-bond donors (Lipinski definition) is 2. The molecule has 0 aliphatic carbocycles.